The minimum absolute atomic E-state index is 0. The zero-order valence-electron chi connectivity index (χ0n) is 11.1. The van der Waals surface area contributed by atoms with Crippen molar-refractivity contribution >= 4 is 30.7 Å². The van der Waals surface area contributed by atoms with Gasteiger partial charge in [0.15, 0.2) is 0 Å². The van der Waals surface area contributed by atoms with Crippen molar-refractivity contribution in [1.29, 1.82) is 0 Å². The van der Waals surface area contributed by atoms with E-state index in [4.69, 9.17) is 10.5 Å². The molecule has 0 aromatic carbocycles. The average Bonchev–Trinajstić information content (AvgIpc) is 2.61. The van der Waals surface area contributed by atoms with Gasteiger partial charge >= 0.3 is 0 Å². The van der Waals surface area contributed by atoms with E-state index in [-0.39, 0.29) is 42.8 Å². The molecule has 1 rings (SSSR count). The number of halogens is 2. The maximum absolute atomic E-state index is 11.5. The summed E-state index contributed by atoms with van der Waals surface area (Å²) in [6.07, 6.45) is 1.43. The van der Waals surface area contributed by atoms with Gasteiger partial charge in [0, 0.05) is 45.2 Å². The van der Waals surface area contributed by atoms with Crippen LogP contribution in [0.25, 0.3) is 0 Å². The first kappa shape index (κ1) is 20.3. The number of rotatable bonds is 6. The fraction of sp³-hybridized carbons (Fsp3) is 0.909. The Hall–Kier alpha value is -0.0700. The Morgan fingerprint density at radius 2 is 2.22 bits per heavy atom. The molecule has 1 amide bonds. The third-order valence-electron chi connectivity index (χ3n) is 2.76. The summed E-state index contributed by atoms with van der Waals surface area (Å²) >= 11 is 0. The third kappa shape index (κ3) is 8.11. The van der Waals surface area contributed by atoms with Gasteiger partial charge in [0.2, 0.25) is 5.91 Å². The number of nitrogens with zero attached hydrogens (tertiary/aromatic N) is 1. The zero-order chi connectivity index (χ0) is 12.0. The van der Waals surface area contributed by atoms with E-state index < -0.39 is 0 Å². The van der Waals surface area contributed by atoms with Crippen LogP contribution in [0.3, 0.4) is 0 Å². The van der Waals surface area contributed by atoms with Crippen molar-refractivity contribution in [3.63, 3.8) is 0 Å². The molecule has 2 unspecified atom stereocenters. The lowest BCUT2D eigenvalue weighted by molar-refractivity contribution is -0.121. The molecule has 5 nitrogen and oxygen atoms in total. The largest absolute Gasteiger partial charge is 0.383 e. The van der Waals surface area contributed by atoms with Gasteiger partial charge in [-0.1, -0.05) is 0 Å². The van der Waals surface area contributed by atoms with E-state index in [1.54, 1.807) is 7.11 Å². The molecular formula is C11H25Cl2N3O2. The Morgan fingerprint density at radius 1 is 1.56 bits per heavy atom. The second-order valence-electron chi connectivity index (χ2n) is 4.53. The van der Waals surface area contributed by atoms with Crippen LogP contribution in [-0.2, 0) is 9.53 Å². The molecule has 0 aromatic heterocycles. The first-order valence-corrected chi connectivity index (χ1v) is 5.88. The molecule has 0 saturated carbocycles. The predicted octanol–water partition coefficient (Wildman–Crippen LogP) is 0.404. The van der Waals surface area contributed by atoms with Crippen molar-refractivity contribution in [3.8, 4) is 0 Å². The number of hydrogen-bond donors (Lipinski definition) is 2. The lowest BCUT2D eigenvalue weighted by Crippen LogP contribution is -2.39. The number of nitrogens with two attached hydrogens (primary N) is 1. The average molecular weight is 302 g/mol. The molecule has 0 spiro atoms. The highest BCUT2D eigenvalue weighted by Gasteiger charge is 2.23. The van der Waals surface area contributed by atoms with E-state index in [1.165, 1.54) is 0 Å². The van der Waals surface area contributed by atoms with E-state index in [0.717, 1.165) is 32.7 Å². The van der Waals surface area contributed by atoms with E-state index in [1.807, 2.05) is 6.92 Å². The van der Waals surface area contributed by atoms with Gasteiger partial charge in [-0.3, -0.25) is 9.69 Å². The lowest BCUT2D eigenvalue weighted by Gasteiger charge is -2.16. The molecule has 0 bridgehead atoms. The molecule has 2 atom stereocenters. The van der Waals surface area contributed by atoms with Gasteiger partial charge in [-0.2, -0.15) is 0 Å². The standard InChI is InChI=1S/C11H23N3O2.2ClH/c1-9(12)7-11(15)13-10-3-4-14(8-10)5-6-16-2;;/h9-10H,3-8,12H2,1-2H3,(H,13,15);2*1H. The van der Waals surface area contributed by atoms with Crippen molar-refractivity contribution in [2.75, 3.05) is 33.4 Å². The highest BCUT2D eigenvalue weighted by atomic mass is 35.5. The smallest absolute Gasteiger partial charge is 0.221 e. The monoisotopic (exact) mass is 301 g/mol. The second kappa shape index (κ2) is 10.8. The van der Waals surface area contributed by atoms with Crippen molar-refractivity contribution in [2.45, 2.75) is 31.8 Å². The Labute approximate surface area is 122 Å². The lowest BCUT2D eigenvalue weighted by atomic mass is 10.2. The number of likely N-dealkylation sites (tertiary alicyclic amines) is 1. The number of ether oxygens (including phenoxy) is 1. The molecule has 0 aromatic rings. The minimum atomic E-state index is -0.0639. The van der Waals surface area contributed by atoms with Crippen LogP contribution in [0, 0.1) is 0 Å². The summed E-state index contributed by atoms with van der Waals surface area (Å²) in [5.74, 6) is 0.0635. The van der Waals surface area contributed by atoms with E-state index in [0.29, 0.717) is 6.42 Å². The van der Waals surface area contributed by atoms with Gasteiger partial charge in [-0.25, -0.2) is 0 Å². The van der Waals surface area contributed by atoms with E-state index in [2.05, 4.69) is 10.2 Å². The summed E-state index contributed by atoms with van der Waals surface area (Å²) in [6.45, 7) is 5.50. The molecule has 0 radical (unpaired) electrons. The maximum atomic E-state index is 11.5. The molecule has 0 aliphatic carbocycles. The van der Waals surface area contributed by atoms with Gasteiger partial charge in [0.1, 0.15) is 0 Å². The highest BCUT2D eigenvalue weighted by molar-refractivity contribution is 5.85. The summed E-state index contributed by atoms with van der Waals surface area (Å²) in [5, 5.41) is 3.02. The van der Waals surface area contributed by atoms with Crippen LogP contribution >= 0.6 is 24.8 Å². The zero-order valence-corrected chi connectivity index (χ0v) is 12.7. The van der Waals surface area contributed by atoms with Crippen molar-refractivity contribution in [2.24, 2.45) is 5.73 Å². The highest BCUT2D eigenvalue weighted by Crippen LogP contribution is 2.08. The first-order valence-electron chi connectivity index (χ1n) is 5.88. The first-order chi connectivity index (χ1) is 7.61. The summed E-state index contributed by atoms with van der Waals surface area (Å²) in [4.78, 5) is 13.8. The predicted molar refractivity (Wildman–Crippen MR) is 77.6 cm³/mol. The molecule has 110 valence electrons. The Kier molecular flexibility index (Phi) is 12.2. The topological polar surface area (TPSA) is 67.6 Å². The van der Waals surface area contributed by atoms with Crippen LogP contribution in [0.5, 0.6) is 0 Å². The van der Waals surface area contributed by atoms with Crippen LogP contribution in [-0.4, -0.2) is 56.2 Å². The van der Waals surface area contributed by atoms with Crippen LogP contribution in [0.1, 0.15) is 19.8 Å². The molecule has 1 fully saturated rings. The number of methoxy groups -OCH3 is 1. The van der Waals surface area contributed by atoms with Gasteiger partial charge in [-0.05, 0) is 13.3 Å². The number of carbonyl (C=O) groups excluding carboxylic acids is 1. The third-order valence-corrected chi connectivity index (χ3v) is 2.76. The van der Waals surface area contributed by atoms with E-state index >= 15 is 0 Å². The van der Waals surface area contributed by atoms with Gasteiger partial charge in [0.25, 0.3) is 0 Å². The van der Waals surface area contributed by atoms with Crippen LogP contribution in [0.4, 0.5) is 0 Å². The summed E-state index contributed by atoms with van der Waals surface area (Å²) in [6, 6.07) is 0.217. The molecule has 1 aliphatic heterocycles. The van der Waals surface area contributed by atoms with E-state index in [9.17, 15) is 4.79 Å². The Morgan fingerprint density at radius 3 is 2.78 bits per heavy atom. The number of hydrogen-bond acceptors (Lipinski definition) is 4. The van der Waals surface area contributed by atoms with Crippen molar-refractivity contribution < 1.29 is 9.53 Å². The van der Waals surface area contributed by atoms with Crippen molar-refractivity contribution in [1.82, 2.24) is 10.2 Å². The van der Waals surface area contributed by atoms with Gasteiger partial charge in [-0.15, -0.1) is 24.8 Å². The molecule has 1 heterocycles. The molecule has 3 N–H and O–H groups in total. The van der Waals surface area contributed by atoms with Crippen LogP contribution in [0.15, 0.2) is 0 Å². The summed E-state index contributed by atoms with van der Waals surface area (Å²) < 4.78 is 5.03. The van der Waals surface area contributed by atoms with Crippen LogP contribution in [0.2, 0.25) is 0 Å². The van der Waals surface area contributed by atoms with Crippen LogP contribution < -0.4 is 11.1 Å². The summed E-state index contributed by atoms with van der Waals surface area (Å²) in [5.41, 5.74) is 5.57. The van der Waals surface area contributed by atoms with Gasteiger partial charge < -0.3 is 15.8 Å². The SMILES string of the molecule is COCCN1CCC(NC(=O)CC(C)N)C1.Cl.Cl. The molecular weight excluding hydrogens is 277 g/mol. The Bertz CT molecular complexity index is 230. The fourth-order valence-corrected chi connectivity index (χ4v) is 1.95. The molecule has 1 aliphatic rings. The minimum Gasteiger partial charge on any atom is -0.383 e. The normalized spacial score (nSPS) is 20.7. The number of nitrogens with one attached hydrogen (secondary N) is 1. The molecule has 1 saturated heterocycles. The number of carbonyl (C=O) groups is 1. The maximum Gasteiger partial charge on any atom is 0.221 e. The summed E-state index contributed by atoms with van der Waals surface area (Å²) in [7, 11) is 1.71. The van der Waals surface area contributed by atoms with Gasteiger partial charge in [0.05, 0.1) is 6.61 Å². The molecule has 18 heavy (non-hydrogen) atoms. The quantitative estimate of drug-likeness (QED) is 0.745. The number of amides is 1. The second-order valence-corrected chi connectivity index (χ2v) is 4.53. The Balaban J connectivity index is 0. The molecule has 7 heteroatoms. The van der Waals surface area contributed by atoms with Crippen molar-refractivity contribution in [3.05, 3.63) is 0 Å². The fourth-order valence-electron chi connectivity index (χ4n) is 1.95.